The molecule has 0 aliphatic rings. The van der Waals surface area contributed by atoms with Crippen molar-refractivity contribution in [2.75, 3.05) is 0 Å². The Bertz CT molecular complexity index is 907. The van der Waals surface area contributed by atoms with Gasteiger partial charge in [-0.05, 0) is 48.5 Å². The monoisotopic (exact) mass is 358 g/mol. The van der Waals surface area contributed by atoms with Gasteiger partial charge in [-0.15, -0.1) is 0 Å². The van der Waals surface area contributed by atoms with E-state index in [1.54, 1.807) is 12.1 Å². The molecule has 0 fully saturated rings. The third-order valence-corrected chi connectivity index (χ3v) is 3.66. The maximum atomic E-state index is 13.0. The van der Waals surface area contributed by atoms with Gasteiger partial charge in [0, 0.05) is 16.1 Å². The molecule has 0 aliphatic heterocycles. The molecule has 1 heterocycles. The van der Waals surface area contributed by atoms with Crippen LogP contribution in [-0.2, 0) is 0 Å². The number of aromatic amines is 1. The third kappa shape index (κ3) is 3.84. The van der Waals surface area contributed by atoms with Crippen LogP contribution in [0.1, 0.15) is 20.7 Å². The molecule has 8 heteroatoms. The molecule has 6 nitrogen and oxygen atoms in total. The number of hydrogen-bond acceptors (Lipinski definition) is 3. The number of hydrogen-bond donors (Lipinski definition) is 3. The Morgan fingerprint density at radius 1 is 0.960 bits per heavy atom. The Morgan fingerprint density at radius 2 is 1.60 bits per heavy atom. The minimum absolute atomic E-state index is 0.211. The molecule has 3 rings (SSSR count). The molecule has 0 saturated carbocycles. The number of H-pyrrole nitrogens is 1. The summed E-state index contributed by atoms with van der Waals surface area (Å²) in [7, 11) is 0. The lowest BCUT2D eigenvalue weighted by atomic mass is 10.1. The lowest BCUT2D eigenvalue weighted by Crippen LogP contribution is -2.41. The van der Waals surface area contributed by atoms with Gasteiger partial charge in [0.1, 0.15) is 5.82 Å². The molecule has 0 unspecified atom stereocenters. The summed E-state index contributed by atoms with van der Waals surface area (Å²) >= 11 is 5.76. The lowest BCUT2D eigenvalue weighted by Gasteiger charge is -2.08. The number of rotatable bonds is 3. The minimum atomic E-state index is -0.560. The highest BCUT2D eigenvalue weighted by molar-refractivity contribution is 6.30. The molecule has 2 aromatic carbocycles. The van der Waals surface area contributed by atoms with Crippen LogP contribution >= 0.6 is 11.6 Å². The van der Waals surface area contributed by atoms with Gasteiger partial charge in [-0.2, -0.15) is 5.10 Å². The highest BCUT2D eigenvalue weighted by Crippen LogP contribution is 2.21. The third-order valence-electron chi connectivity index (χ3n) is 3.41. The molecule has 0 spiro atoms. The van der Waals surface area contributed by atoms with Crippen LogP contribution in [0.5, 0.6) is 0 Å². The van der Waals surface area contributed by atoms with E-state index in [0.29, 0.717) is 21.8 Å². The van der Waals surface area contributed by atoms with Gasteiger partial charge in [0.15, 0.2) is 0 Å². The van der Waals surface area contributed by atoms with Crippen molar-refractivity contribution in [3.05, 3.63) is 76.7 Å². The molecule has 1 aromatic heterocycles. The standard InChI is InChI=1S/C17H12ClFN4O2/c18-12-5-1-11(2-6-12)16(24)22-23-17(25)14-9-20-21-15(14)10-3-7-13(19)8-4-10/h1-9H,(H,20,21)(H,22,24)(H,23,25). The normalized spacial score (nSPS) is 10.3. The number of hydrazine groups is 1. The fourth-order valence-corrected chi connectivity index (χ4v) is 2.28. The molecule has 0 radical (unpaired) electrons. The first-order chi connectivity index (χ1) is 12.0. The largest absolute Gasteiger partial charge is 0.277 e. The minimum Gasteiger partial charge on any atom is -0.277 e. The molecule has 25 heavy (non-hydrogen) atoms. The number of aromatic nitrogens is 2. The molecular formula is C17H12ClFN4O2. The number of halogens is 2. The first-order valence-electron chi connectivity index (χ1n) is 7.20. The Kier molecular flexibility index (Phi) is 4.76. The average molecular weight is 359 g/mol. The number of nitrogens with zero attached hydrogens (tertiary/aromatic N) is 1. The van der Waals surface area contributed by atoms with Crippen LogP contribution in [0.15, 0.2) is 54.7 Å². The van der Waals surface area contributed by atoms with Gasteiger partial charge in [-0.3, -0.25) is 25.5 Å². The molecular weight excluding hydrogens is 347 g/mol. The van der Waals surface area contributed by atoms with Crippen LogP contribution in [0.2, 0.25) is 5.02 Å². The highest BCUT2D eigenvalue weighted by Gasteiger charge is 2.16. The quantitative estimate of drug-likeness (QED) is 0.629. The van der Waals surface area contributed by atoms with E-state index in [4.69, 9.17) is 11.6 Å². The van der Waals surface area contributed by atoms with Crippen LogP contribution in [-0.4, -0.2) is 22.0 Å². The summed E-state index contributed by atoms with van der Waals surface area (Å²) in [4.78, 5) is 24.3. The molecule has 3 aromatic rings. The first-order valence-corrected chi connectivity index (χ1v) is 7.58. The number of nitrogens with one attached hydrogen (secondary N) is 3. The van der Waals surface area contributed by atoms with Crippen molar-refractivity contribution in [1.29, 1.82) is 0 Å². The summed E-state index contributed by atoms with van der Waals surface area (Å²) in [6, 6.07) is 11.8. The van der Waals surface area contributed by atoms with E-state index in [-0.39, 0.29) is 11.4 Å². The van der Waals surface area contributed by atoms with Gasteiger partial charge >= 0.3 is 0 Å². The predicted molar refractivity (Wildman–Crippen MR) is 90.4 cm³/mol. The Hall–Kier alpha value is -3.19. The van der Waals surface area contributed by atoms with Crippen molar-refractivity contribution < 1.29 is 14.0 Å². The second-order valence-corrected chi connectivity index (χ2v) is 5.52. The van der Waals surface area contributed by atoms with Gasteiger partial charge < -0.3 is 0 Å². The van der Waals surface area contributed by atoms with Crippen molar-refractivity contribution in [2.24, 2.45) is 0 Å². The van der Waals surface area contributed by atoms with Crippen LogP contribution in [0.3, 0.4) is 0 Å². The number of carbonyl (C=O) groups excluding carboxylic acids is 2. The topological polar surface area (TPSA) is 86.9 Å². The van der Waals surface area contributed by atoms with Crippen LogP contribution in [0.4, 0.5) is 4.39 Å². The smallest absolute Gasteiger partial charge is 0.273 e. The van der Waals surface area contributed by atoms with E-state index in [2.05, 4.69) is 21.0 Å². The molecule has 0 bridgehead atoms. The van der Waals surface area contributed by atoms with Crippen molar-refractivity contribution in [3.63, 3.8) is 0 Å². The Balaban J connectivity index is 1.70. The fraction of sp³-hybridized carbons (Fsp3) is 0. The van der Waals surface area contributed by atoms with Crippen LogP contribution < -0.4 is 10.9 Å². The zero-order chi connectivity index (χ0) is 17.8. The average Bonchev–Trinajstić information content (AvgIpc) is 3.10. The van der Waals surface area contributed by atoms with Crippen molar-refractivity contribution >= 4 is 23.4 Å². The molecule has 2 amide bonds. The molecule has 0 atom stereocenters. The first kappa shape index (κ1) is 16.7. The SMILES string of the molecule is O=C(NNC(=O)c1cn[nH]c1-c1ccc(F)cc1)c1ccc(Cl)cc1. The van der Waals surface area contributed by atoms with Gasteiger partial charge in [-0.1, -0.05) is 11.6 Å². The van der Waals surface area contributed by atoms with E-state index in [1.165, 1.54) is 42.6 Å². The van der Waals surface area contributed by atoms with E-state index in [1.807, 2.05) is 0 Å². The zero-order valence-corrected chi connectivity index (χ0v) is 13.5. The van der Waals surface area contributed by atoms with Gasteiger partial charge in [0.2, 0.25) is 0 Å². The summed E-state index contributed by atoms with van der Waals surface area (Å²) in [5.41, 5.74) is 6.19. The zero-order valence-electron chi connectivity index (χ0n) is 12.7. The van der Waals surface area contributed by atoms with Crippen molar-refractivity contribution in [3.8, 4) is 11.3 Å². The maximum absolute atomic E-state index is 13.0. The molecule has 0 saturated heterocycles. The Morgan fingerprint density at radius 3 is 2.28 bits per heavy atom. The second-order valence-electron chi connectivity index (χ2n) is 5.08. The lowest BCUT2D eigenvalue weighted by molar-refractivity contribution is 0.0847. The van der Waals surface area contributed by atoms with E-state index in [9.17, 15) is 14.0 Å². The fourth-order valence-electron chi connectivity index (χ4n) is 2.15. The van der Waals surface area contributed by atoms with Crippen molar-refractivity contribution in [1.82, 2.24) is 21.0 Å². The number of benzene rings is 2. The predicted octanol–water partition coefficient (Wildman–Crippen LogP) is 2.94. The highest BCUT2D eigenvalue weighted by atomic mass is 35.5. The number of carbonyl (C=O) groups is 2. The van der Waals surface area contributed by atoms with Crippen LogP contribution in [0.25, 0.3) is 11.3 Å². The van der Waals surface area contributed by atoms with E-state index in [0.717, 1.165) is 0 Å². The summed E-state index contributed by atoms with van der Waals surface area (Å²) in [5.74, 6) is -1.43. The Labute approximate surface area is 147 Å². The molecule has 126 valence electrons. The van der Waals surface area contributed by atoms with Gasteiger partial charge in [0.05, 0.1) is 17.5 Å². The van der Waals surface area contributed by atoms with E-state index >= 15 is 0 Å². The van der Waals surface area contributed by atoms with E-state index < -0.39 is 11.8 Å². The molecule has 3 N–H and O–H groups in total. The maximum Gasteiger partial charge on any atom is 0.273 e. The van der Waals surface area contributed by atoms with Crippen LogP contribution in [0, 0.1) is 5.82 Å². The van der Waals surface area contributed by atoms with Gasteiger partial charge in [-0.25, -0.2) is 4.39 Å². The summed E-state index contributed by atoms with van der Waals surface area (Å²) < 4.78 is 13.0. The summed E-state index contributed by atoms with van der Waals surface area (Å²) in [5, 5.41) is 7.02. The summed E-state index contributed by atoms with van der Waals surface area (Å²) in [6.07, 6.45) is 1.32. The van der Waals surface area contributed by atoms with Gasteiger partial charge in [0.25, 0.3) is 11.8 Å². The summed E-state index contributed by atoms with van der Waals surface area (Å²) in [6.45, 7) is 0. The number of amides is 2. The van der Waals surface area contributed by atoms with Crippen molar-refractivity contribution in [2.45, 2.75) is 0 Å². The molecule has 0 aliphatic carbocycles. The second kappa shape index (κ2) is 7.14.